The number of rotatable bonds is 6. The van der Waals surface area contributed by atoms with Gasteiger partial charge in [0.05, 0.1) is 25.8 Å². The second-order valence-corrected chi connectivity index (χ2v) is 7.42. The summed E-state index contributed by atoms with van der Waals surface area (Å²) in [4.78, 5) is 27.7. The molecule has 162 valence electrons. The molecule has 32 heavy (non-hydrogen) atoms. The lowest BCUT2D eigenvalue weighted by Crippen LogP contribution is -2.29. The van der Waals surface area contributed by atoms with Crippen LogP contribution >= 0.6 is 0 Å². The average molecular weight is 429 g/mol. The Morgan fingerprint density at radius 2 is 1.56 bits per heavy atom. The van der Waals surface area contributed by atoms with Crippen LogP contribution in [0.5, 0.6) is 11.5 Å². The van der Waals surface area contributed by atoms with Gasteiger partial charge in [-0.25, -0.2) is 0 Å². The predicted octanol–water partition coefficient (Wildman–Crippen LogP) is 4.33. The maximum absolute atomic E-state index is 13.1. The number of ether oxygens (including phenoxy) is 2. The van der Waals surface area contributed by atoms with Crippen LogP contribution in [0.4, 0.5) is 0 Å². The largest absolute Gasteiger partial charge is 0.507 e. The molecular weight excluding hydrogens is 406 g/mol. The van der Waals surface area contributed by atoms with E-state index in [0.29, 0.717) is 17.1 Å². The summed E-state index contributed by atoms with van der Waals surface area (Å²) >= 11 is 0. The molecule has 4 rings (SSSR count). The summed E-state index contributed by atoms with van der Waals surface area (Å²) in [7, 11) is 3.12. The van der Waals surface area contributed by atoms with Crippen LogP contribution in [0.1, 0.15) is 22.7 Å². The van der Waals surface area contributed by atoms with Crippen LogP contribution in [0.25, 0.3) is 5.76 Å². The Balaban J connectivity index is 1.81. The number of carbonyl (C=O) groups is 2. The van der Waals surface area contributed by atoms with E-state index in [1.165, 1.54) is 4.90 Å². The van der Waals surface area contributed by atoms with Gasteiger partial charge >= 0.3 is 0 Å². The van der Waals surface area contributed by atoms with Gasteiger partial charge in [-0.1, -0.05) is 42.5 Å². The number of ketones is 1. The van der Waals surface area contributed by atoms with E-state index in [1.54, 1.807) is 38.5 Å². The zero-order valence-electron chi connectivity index (χ0n) is 17.8. The Hall–Kier alpha value is -4.06. The minimum atomic E-state index is -0.718. The number of hydrogen-bond donors (Lipinski definition) is 1. The smallest absolute Gasteiger partial charge is 0.295 e. The van der Waals surface area contributed by atoms with Crippen LogP contribution < -0.4 is 9.47 Å². The number of methoxy groups -OCH3 is 2. The first kappa shape index (κ1) is 21.2. The molecule has 1 saturated heterocycles. The highest BCUT2D eigenvalue weighted by atomic mass is 16.5. The highest BCUT2D eigenvalue weighted by molar-refractivity contribution is 6.46. The van der Waals surface area contributed by atoms with Gasteiger partial charge in [0.2, 0.25) is 0 Å². The maximum Gasteiger partial charge on any atom is 0.295 e. The van der Waals surface area contributed by atoms with Gasteiger partial charge in [-0.3, -0.25) is 9.59 Å². The SMILES string of the molecule is COc1ccc(/C(O)=C2/C(=O)C(=O)N(Cc3cccc(OC)c3)C2c2ccccc2)cc1. The molecule has 1 N–H and O–H groups in total. The zero-order valence-corrected chi connectivity index (χ0v) is 17.8. The Labute approximate surface area is 186 Å². The first-order valence-electron chi connectivity index (χ1n) is 10.1. The highest BCUT2D eigenvalue weighted by Crippen LogP contribution is 2.40. The highest BCUT2D eigenvalue weighted by Gasteiger charge is 2.46. The number of carbonyl (C=O) groups excluding carboxylic acids is 2. The summed E-state index contributed by atoms with van der Waals surface area (Å²) in [5.41, 5.74) is 2.06. The van der Waals surface area contributed by atoms with E-state index in [4.69, 9.17) is 9.47 Å². The van der Waals surface area contributed by atoms with Crippen molar-refractivity contribution in [2.75, 3.05) is 14.2 Å². The van der Waals surface area contributed by atoms with Crippen LogP contribution in [0.2, 0.25) is 0 Å². The van der Waals surface area contributed by atoms with Crippen molar-refractivity contribution in [3.8, 4) is 11.5 Å². The lowest BCUT2D eigenvalue weighted by Gasteiger charge is -2.25. The van der Waals surface area contributed by atoms with Crippen molar-refractivity contribution in [3.63, 3.8) is 0 Å². The number of benzene rings is 3. The lowest BCUT2D eigenvalue weighted by atomic mass is 9.95. The number of Topliss-reactive ketones (excluding diaryl/α,β-unsaturated/α-hetero) is 1. The quantitative estimate of drug-likeness (QED) is 0.359. The van der Waals surface area contributed by atoms with Gasteiger partial charge in [0.1, 0.15) is 17.3 Å². The van der Waals surface area contributed by atoms with Gasteiger partial charge in [0, 0.05) is 12.1 Å². The summed E-state index contributed by atoms with van der Waals surface area (Å²) in [5, 5.41) is 11.1. The Kier molecular flexibility index (Phi) is 5.94. The zero-order chi connectivity index (χ0) is 22.7. The third-order valence-corrected chi connectivity index (χ3v) is 5.51. The molecule has 1 unspecified atom stereocenters. The number of aliphatic hydroxyl groups excluding tert-OH is 1. The third-order valence-electron chi connectivity index (χ3n) is 5.51. The van der Waals surface area contributed by atoms with Crippen molar-refractivity contribution >= 4 is 17.4 Å². The first-order valence-corrected chi connectivity index (χ1v) is 10.1. The van der Waals surface area contributed by atoms with Gasteiger partial charge in [0.15, 0.2) is 0 Å². The van der Waals surface area contributed by atoms with Crippen LogP contribution in [-0.4, -0.2) is 35.9 Å². The predicted molar refractivity (Wildman–Crippen MR) is 120 cm³/mol. The van der Waals surface area contributed by atoms with E-state index < -0.39 is 17.7 Å². The molecule has 1 amide bonds. The number of hydrogen-bond acceptors (Lipinski definition) is 5. The summed E-state index contributed by atoms with van der Waals surface area (Å²) in [5.74, 6) is -0.298. The van der Waals surface area contributed by atoms with Crippen molar-refractivity contribution in [2.24, 2.45) is 0 Å². The molecule has 1 fully saturated rings. The van der Waals surface area contributed by atoms with E-state index in [2.05, 4.69) is 0 Å². The minimum absolute atomic E-state index is 0.0641. The van der Waals surface area contributed by atoms with Crippen molar-refractivity contribution in [1.29, 1.82) is 0 Å². The van der Waals surface area contributed by atoms with Crippen LogP contribution in [-0.2, 0) is 16.1 Å². The van der Waals surface area contributed by atoms with Crippen molar-refractivity contribution in [1.82, 2.24) is 4.90 Å². The van der Waals surface area contributed by atoms with Gasteiger partial charge < -0.3 is 19.5 Å². The molecular formula is C26H23NO5. The molecule has 1 aliphatic heterocycles. The van der Waals surface area contributed by atoms with Gasteiger partial charge in [-0.05, 0) is 47.5 Å². The van der Waals surface area contributed by atoms with E-state index in [-0.39, 0.29) is 17.9 Å². The van der Waals surface area contributed by atoms with Gasteiger partial charge in [-0.2, -0.15) is 0 Å². The van der Waals surface area contributed by atoms with E-state index in [9.17, 15) is 14.7 Å². The molecule has 0 saturated carbocycles. The number of nitrogens with zero attached hydrogens (tertiary/aromatic N) is 1. The number of aliphatic hydroxyl groups is 1. The van der Waals surface area contributed by atoms with Crippen molar-refractivity contribution in [2.45, 2.75) is 12.6 Å². The molecule has 1 aliphatic rings. The topological polar surface area (TPSA) is 76.1 Å². The molecule has 3 aromatic rings. The Morgan fingerprint density at radius 3 is 2.22 bits per heavy atom. The van der Waals surface area contributed by atoms with Crippen molar-refractivity contribution < 1.29 is 24.2 Å². The van der Waals surface area contributed by atoms with Crippen LogP contribution in [0.3, 0.4) is 0 Å². The number of likely N-dealkylation sites (tertiary alicyclic amines) is 1. The Bertz CT molecular complexity index is 1170. The van der Waals surface area contributed by atoms with Gasteiger partial charge in [-0.15, -0.1) is 0 Å². The van der Waals surface area contributed by atoms with Gasteiger partial charge in [0.25, 0.3) is 11.7 Å². The molecule has 0 spiro atoms. The molecule has 0 aliphatic carbocycles. The van der Waals surface area contributed by atoms with Crippen LogP contribution in [0, 0.1) is 0 Å². The summed E-state index contributed by atoms with van der Waals surface area (Å²) in [6.07, 6.45) is 0. The van der Waals surface area contributed by atoms with E-state index >= 15 is 0 Å². The first-order chi connectivity index (χ1) is 15.5. The molecule has 6 heteroatoms. The monoisotopic (exact) mass is 429 g/mol. The molecule has 1 atom stereocenters. The fourth-order valence-corrected chi connectivity index (χ4v) is 3.90. The second kappa shape index (κ2) is 8.98. The molecule has 1 heterocycles. The molecule has 3 aromatic carbocycles. The third kappa shape index (κ3) is 3.95. The maximum atomic E-state index is 13.1. The second-order valence-electron chi connectivity index (χ2n) is 7.42. The van der Waals surface area contributed by atoms with E-state index in [1.807, 2.05) is 54.6 Å². The lowest BCUT2D eigenvalue weighted by molar-refractivity contribution is -0.140. The number of amides is 1. The summed E-state index contributed by atoms with van der Waals surface area (Å²) in [6, 6.07) is 22.6. The molecule has 6 nitrogen and oxygen atoms in total. The van der Waals surface area contributed by atoms with Crippen molar-refractivity contribution in [3.05, 3.63) is 101 Å². The Morgan fingerprint density at radius 1 is 0.875 bits per heavy atom. The minimum Gasteiger partial charge on any atom is -0.507 e. The fourth-order valence-electron chi connectivity index (χ4n) is 3.90. The normalized spacial score (nSPS) is 17.4. The molecule has 0 aromatic heterocycles. The average Bonchev–Trinajstić information content (AvgIpc) is 3.09. The standard InChI is InChI=1S/C26H23NO5/c1-31-20-13-11-19(12-14-20)24(28)22-23(18-8-4-3-5-9-18)27(26(30)25(22)29)16-17-7-6-10-21(15-17)32-2/h3-15,23,28H,16H2,1-2H3/b24-22-. The summed E-state index contributed by atoms with van der Waals surface area (Å²) in [6.45, 7) is 0.195. The summed E-state index contributed by atoms with van der Waals surface area (Å²) < 4.78 is 10.5. The molecule has 0 bridgehead atoms. The van der Waals surface area contributed by atoms with Crippen LogP contribution in [0.15, 0.2) is 84.4 Å². The molecule has 0 radical (unpaired) electrons. The fraction of sp³-hybridized carbons (Fsp3) is 0.154. The van der Waals surface area contributed by atoms with E-state index in [0.717, 1.165) is 11.1 Å².